The SMILES string of the molecule is Cc1ncnc(N(CCN)CC(F)(F)F)c1F. The number of hydrogen-bond donors (Lipinski definition) is 1. The number of anilines is 1. The highest BCUT2D eigenvalue weighted by Crippen LogP contribution is 2.22. The molecule has 4 nitrogen and oxygen atoms in total. The second-order valence-corrected chi connectivity index (χ2v) is 3.42. The van der Waals surface area contributed by atoms with Crippen molar-refractivity contribution >= 4 is 5.82 Å². The third kappa shape index (κ3) is 3.81. The standard InChI is InChI=1S/C9H12F4N4/c1-6-7(10)8(16-5-15-6)17(3-2-14)4-9(11,12)13/h5H,2-4,14H2,1H3. The first-order valence-electron chi connectivity index (χ1n) is 4.84. The van der Waals surface area contributed by atoms with Crippen molar-refractivity contribution in [3.63, 3.8) is 0 Å². The molecule has 0 aromatic carbocycles. The van der Waals surface area contributed by atoms with Crippen LogP contribution >= 0.6 is 0 Å². The number of nitrogens with two attached hydrogens (primary N) is 1. The molecule has 2 N–H and O–H groups in total. The highest BCUT2D eigenvalue weighted by Gasteiger charge is 2.32. The highest BCUT2D eigenvalue weighted by molar-refractivity contribution is 5.41. The van der Waals surface area contributed by atoms with Gasteiger partial charge in [0, 0.05) is 13.1 Å². The van der Waals surface area contributed by atoms with Crippen molar-refractivity contribution in [2.24, 2.45) is 5.73 Å². The molecule has 0 spiro atoms. The van der Waals surface area contributed by atoms with E-state index in [0.717, 1.165) is 11.2 Å². The molecule has 1 aromatic heterocycles. The summed E-state index contributed by atoms with van der Waals surface area (Å²) < 4.78 is 50.5. The molecule has 0 bridgehead atoms. The summed E-state index contributed by atoms with van der Waals surface area (Å²) in [7, 11) is 0. The number of alkyl halides is 3. The van der Waals surface area contributed by atoms with Crippen molar-refractivity contribution in [3.05, 3.63) is 17.8 Å². The first-order valence-corrected chi connectivity index (χ1v) is 4.84. The van der Waals surface area contributed by atoms with E-state index in [1.165, 1.54) is 6.92 Å². The minimum absolute atomic E-state index is 0.000745. The molecule has 96 valence electrons. The molecule has 17 heavy (non-hydrogen) atoms. The Hall–Kier alpha value is -1.44. The third-order valence-electron chi connectivity index (χ3n) is 2.01. The summed E-state index contributed by atoms with van der Waals surface area (Å²) in [5.41, 5.74) is 5.20. The molecule has 8 heteroatoms. The third-order valence-corrected chi connectivity index (χ3v) is 2.01. The summed E-state index contributed by atoms with van der Waals surface area (Å²) in [4.78, 5) is 7.83. The normalized spacial score (nSPS) is 11.6. The van der Waals surface area contributed by atoms with Crippen molar-refractivity contribution in [1.29, 1.82) is 0 Å². The van der Waals surface area contributed by atoms with Gasteiger partial charge < -0.3 is 10.6 Å². The maximum absolute atomic E-state index is 13.6. The molecule has 0 aliphatic carbocycles. The first kappa shape index (κ1) is 13.6. The number of hydrogen-bond acceptors (Lipinski definition) is 4. The van der Waals surface area contributed by atoms with E-state index in [4.69, 9.17) is 5.73 Å². The van der Waals surface area contributed by atoms with Crippen molar-refractivity contribution < 1.29 is 17.6 Å². The lowest BCUT2D eigenvalue weighted by Gasteiger charge is -2.24. The van der Waals surface area contributed by atoms with Crippen molar-refractivity contribution in [1.82, 2.24) is 9.97 Å². The van der Waals surface area contributed by atoms with Gasteiger partial charge >= 0.3 is 6.18 Å². The summed E-state index contributed by atoms with van der Waals surface area (Å²) in [6, 6.07) is 0. The lowest BCUT2D eigenvalue weighted by molar-refractivity contribution is -0.119. The topological polar surface area (TPSA) is 55.0 Å². The van der Waals surface area contributed by atoms with E-state index in [9.17, 15) is 17.6 Å². The molecule has 1 aromatic rings. The van der Waals surface area contributed by atoms with Gasteiger partial charge in [-0.2, -0.15) is 13.2 Å². The zero-order chi connectivity index (χ0) is 13.1. The van der Waals surface area contributed by atoms with Gasteiger partial charge in [-0.25, -0.2) is 14.4 Å². The van der Waals surface area contributed by atoms with Crippen LogP contribution < -0.4 is 10.6 Å². The Kier molecular flexibility index (Phi) is 4.22. The van der Waals surface area contributed by atoms with Crippen molar-refractivity contribution in [2.75, 3.05) is 24.5 Å². The van der Waals surface area contributed by atoms with Gasteiger partial charge in [-0.15, -0.1) is 0 Å². The molecule has 0 aliphatic rings. The van der Waals surface area contributed by atoms with Crippen LogP contribution in [0.4, 0.5) is 23.4 Å². The Morgan fingerprint density at radius 2 is 2.00 bits per heavy atom. The summed E-state index contributed by atoms with van der Waals surface area (Å²) in [5, 5.41) is 0. The summed E-state index contributed by atoms with van der Waals surface area (Å²) in [6.07, 6.45) is -3.42. The van der Waals surface area contributed by atoms with Gasteiger partial charge in [0.2, 0.25) is 0 Å². The van der Waals surface area contributed by atoms with Crippen LogP contribution in [-0.4, -0.2) is 35.8 Å². The quantitative estimate of drug-likeness (QED) is 0.819. The fourth-order valence-corrected chi connectivity index (χ4v) is 1.30. The Morgan fingerprint density at radius 3 is 2.53 bits per heavy atom. The molecule has 1 heterocycles. The maximum atomic E-state index is 13.6. The van der Waals surface area contributed by atoms with Crippen LogP contribution in [0.5, 0.6) is 0 Å². The summed E-state index contributed by atoms with van der Waals surface area (Å²) in [6.45, 7) is -0.0994. The molecule has 0 amide bonds. The number of nitrogens with zero attached hydrogens (tertiary/aromatic N) is 3. The van der Waals surface area contributed by atoms with E-state index >= 15 is 0 Å². The monoisotopic (exact) mass is 252 g/mol. The minimum atomic E-state index is -4.44. The number of halogens is 4. The average molecular weight is 252 g/mol. The Balaban J connectivity index is 3.01. The Morgan fingerprint density at radius 1 is 1.35 bits per heavy atom. The molecule has 0 saturated heterocycles. The molecule has 0 aliphatic heterocycles. The predicted octanol–water partition coefficient (Wildman–Crippen LogP) is 1.25. The molecule has 0 fully saturated rings. The average Bonchev–Trinajstić information content (AvgIpc) is 2.19. The lowest BCUT2D eigenvalue weighted by Crippen LogP contribution is -2.38. The summed E-state index contributed by atoms with van der Waals surface area (Å²) in [5.74, 6) is -1.23. The van der Waals surface area contributed by atoms with Gasteiger partial charge in [0.15, 0.2) is 11.6 Å². The molecular weight excluding hydrogens is 240 g/mol. The van der Waals surface area contributed by atoms with Gasteiger partial charge in [0.1, 0.15) is 12.9 Å². The largest absolute Gasteiger partial charge is 0.405 e. The smallest absolute Gasteiger partial charge is 0.344 e. The van der Waals surface area contributed by atoms with E-state index in [2.05, 4.69) is 9.97 Å². The van der Waals surface area contributed by atoms with E-state index in [0.29, 0.717) is 0 Å². The molecular formula is C9H12F4N4. The zero-order valence-corrected chi connectivity index (χ0v) is 9.13. The molecule has 0 radical (unpaired) electrons. The van der Waals surface area contributed by atoms with Crippen LogP contribution in [0.3, 0.4) is 0 Å². The van der Waals surface area contributed by atoms with Crippen LogP contribution in [-0.2, 0) is 0 Å². The van der Waals surface area contributed by atoms with E-state index in [1.807, 2.05) is 0 Å². The van der Waals surface area contributed by atoms with E-state index < -0.39 is 18.5 Å². The summed E-state index contributed by atoms with van der Waals surface area (Å²) >= 11 is 0. The van der Waals surface area contributed by atoms with Gasteiger partial charge in [-0.3, -0.25) is 0 Å². The molecule has 0 atom stereocenters. The van der Waals surface area contributed by atoms with Crippen LogP contribution in [0.1, 0.15) is 5.69 Å². The molecule has 0 saturated carbocycles. The minimum Gasteiger partial charge on any atom is -0.344 e. The number of aryl methyl sites for hydroxylation is 1. The second kappa shape index (κ2) is 5.26. The maximum Gasteiger partial charge on any atom is 0.405 e. The molecule has 0 unspecified atom stereocenters. The zero-order valence-electron chi connectivity index (χ0n) is 9.13. The number of aromatic nitrogens is 2. The van der Waals surface area contributed by atoms with Gasteiger partial charge in [0.25, 0.3) is 0 Å². The van der Waals surface area contributed by atoms with Crippen molar-refractivity contribution in [3.8, 4) is 0 Å². The van der Waals surface area contributed by atoms with Crippen LogP contribution in [0, 0.1) is 12.7 Å². The van der Waals surface area contributed by atoms with Gasteiger partial charge in [-0.05, 0) is 6.92 Å². The highest BCUT2D eigenvalue weighted by atomic mass is 19.4. The fraction of sp³-hybridized carbons (Fsp3) is 0.556. The van der Waals surface area contributed by atoms with Gasteiger partial charge in [0.05, 0.1) is 5.69 Å². The van der Waals surface area contributed by atoms with Crippen LogP contribution in [0.2, 0.25) is 0 Å². The van der Waals surface area contributed by atoms with Crippen LogP contribution in [0.25, 0.3) is 0 Å². The fourth-order valence-electron chi connectivity index (χ4n) is 1.30. The Labute approximate surface area is 95.5 Å². The first-order chi connectivity index (χ1) is 7.85. The van der Waals surface area contributed by atoms with E-state index in [-0.39, 0.29) is 24.6 Å². The predicted molar refractivity (Wildman–Crippen MR) is 54.0 cm³/mol. The second-order valence-electron chi connectivity index (χ2n) is 3.42. The van der Waals surface area contributed by atoms with Gasteiger partial charge in [-0.1, -0.05) is 0 Å². The Bertz CT molecular complexity index is 380. The van der Waals surface area contributed by atoms with Crippen molar-refractivity contribution in [2.45, 2.75) is 13.1 Å². The number of rotatable bonds is 4. The van der Waals surface area contributed by atoms with Crippen LogP contribution in [0.15, 0.2) is 6.33 Å². The van der Waals surface area contributed by atoms with E-state index in [1.54, 1.807) is 0 Å². The lowest BCUT2D eigenvalue weighted by atomic mass is 10.3. The molecule has 1 rings (SSSR count).